The smallest absolute Gasteiger partial charge is 0.198 e. The Morgan fingerprint density at radius 2 is 2.38 bits per heavy atom. The number of aromatic amines is 1. The largest absolute Gasteiger partial charge is 0.335 e. The Labute approximate surface area is 104 Å². The summed E-state index contributed by atoms with van der Waals surface area (Å²) in [6.07, 6.45) is 0.707. The number of H-pyrrole nitrogens is 1. The molecule has 1 N–H and O–H groups in total. The van der Waals surface area contributed by atoms with Gasteiger partial charge in [0, 0.05) is 10.9 Å². The van der Waals surface area contributed by atoms with Gasteiger partial charge in [-0.05, 0) is 31.6 Å². The minimum atomic E-state index is -2.82. The predicted molar refractivity (Wildman–Crippen MR) is 67.1 cm³/mol. The maximum atomic E-state index is 11.3. The average molecular weight is 276 g/mol. The SMILES string of the molecule is Cc1cc(SC2CCS(=O)(=O)C2)nc(=S)[nH]1. The third-order valence-electron chi connectivity index (χ3n) is 2.33. The van der Waals surface area contributed by atoms with Crippen LogP contribution < -0.4 is 0 Å². The summed E-state index contributed by atoms with van der Waals surface area (Å²) in [4.78, 5) is 7.10. The number of rotatable bonds is 2. The highest BCUT2D eigenvalue weighted by Crippen LogP contribution is 2.29. The number of thioether (sulfide) groups is 1. The van der Waals surface area contributed by atoms with Gasteiger partial charge < -0.3 is 4.98 Å². The van der Waals surface area contributed by atoms with Crippen molar-refractivity contribution in [3.05, 3.63) is 16.5 Å². The second-order valence-electron chi connectivity index (χ2n) is 3.85. The molecule has 2 heterocycles. The molecule has 1 atom stereocenters. The number of nitrogens with one attached hydrogen (secondary N) is 1. The summed E-state index contributed by atoms with van der Waals surface area (Å²) in [6.45, 7) is 1.91. The standard InChI is InChI=1S/C9H12N2O2S3/c1-6-4-8(11-9(14)10-6)15-7-2-3-16(12,13)5-7/h4,7H,2-3,5H2,1H3,(H,10,11,14). The van der Waals surface area contributed by atoms with Crippen LogP contribution >= 0.6 is 24.0 Å². The molecule has 4 nitrogen and oxygen atoms in total. The molecule has 2 rings (SSSR count). The Morgan fingerprint density at radius 1 is 1.62 bits per heavy atom. The molecule has 1 aromatic heterocycles. The van der Waals surface area contributed by atoms with Crippen molar-refractivity contribution in [3.8, 4) is 0 Å². The zero-order valence-electron chi connectivity index (χ0n) is 8.76. The van der Waals surface area contributed by atoms with Crippen LogP contribution in [0.25, 0.3) is 0 Å². The monoisotopic (exact) mass is 276 g/mol. The van der Waals surface area contributed by atoms with Crippen LogP contribution in [0.15, 0.2) is 11.1 Å². The van der Waals surface area contributed by atoms with Crippen molar-refractivity contribution in [2.45, 2.75) is 23.6 Å². The number of aromatic nitrogens is 2. The summed E-state index contributed by atoms with van der Waals surface area (Å²) >= 11 is 6.48. The summed E-state index contributed by atoms with van der Waals surface area (Å²) in [5.41, 5.74) is 0.948. The van der Waals surface area contributed by atoms with Gasteiger partial charge in [0.15, 0.2) is 14.6 Å². The summed E-state index contributed by atoms with van der Waals surface area (Å²) in [5.74, 6) is 0.549. The van der Waals surface area contributed by atoms with Crippen LogP contribution in [-0.2, 0) is 9.84 Å². The molecule has 0 amide bonds. The Morgan fingerprint density at radius 3 is 2.94 bits per heavy atom. The van der Waals surface area contributed by atoms with Crippen molar-refractivity contribution in [2.24, 2.45) is 0 Å². The lowest BCUT2D eigenvalue weighted by Crippen LogP contribution is -2.06. The maximum Gasteiger partial charge on any atom is 0.198 e. The fraction of sp³-hybridized carbons (Fsp3) is 0.556. The first-order valence-corrected chi connectivity index (χ1v) is 8.00. The van der Waals surface area contributed by atoms with Gasteiger partial charge in [-0.15, -0.1) is 11.8 Å². The molecular weight excluding hydrogens is 264 g/mol. The number of nitrogens with zero attached hydrogens (tertiary/aromatic N) is 1. The van der Waals surface area contributed by atoms with E-state index in [0.29, 0.717) is 16.9 Å². The first kappa shape index (κ1) is 12.1. The lowest BCUT2D eigenvalue weighted by Gasteiger charge is -2.06. The Kier molecular flexibility index (Phi) is 3.37. The normalized spacial score (nSPS) is 23.4. The van der Waals surface area contributed by atoms with Crippen molar-refractivity contribution >= 4 is 33.8 Å². The molecule has 0 radical (unpaired) electrons. The van der Waals surface area contributed by atoms with Gasteiger partial charge in [-0.3, -0.25) is 0 Å². The molecule has 7 heteroatoms. The summed E-state index contributed by atoms with van der Waals surface area (Å²) in [7, 11) is -2.82. The zero-order chi connectivity index (χ0) is 11.8. The first-order valence-electron chi connectivity index (χ1n) is 4.90. The number of sulfone groups is 1. The average Bonchev–Trinajstić information content (AvgIpc) is 2.43. The van der Waals surface area contributed by atoms with Crippen LogP contribution in [0.5, 0.6) is 0 Å². The van der Waals surface area contributed by atoms with E-state index in [1.54, 1.807) is 0 Å². The highest BCUT2D eigenvalue weighted by molar-refractivity contribution is 8.01. The molecule has 0 spiro atoms. The third-order valence-corrected chi connectivity index (χ3v) is 5.69. The Hall–Kier alpha value is -0.400. The molecular formula is C9H12N2O2S3. The van der Waals surface area contributed by atoms with Gasteiger partial charge in [0.25, 0.3) is 0 Å². The highest BCUT2D eigenvalue weighted by atomic mass is 32.2. The number of hydrogen-bond acceptors (Lipinski definition) is 5. The van der Waals surface area contributed by atoms with Gasteiger partial charge in [-0.1, -0.05) is 0 Å². The minimum absolute atomic E-state index is 0.119. The molecule has 1 saturated heterocycles. The van der Waals surface area contributed by atoms with E-state index < -0.39 is 9.84 Å². The van der Waals surface area contributed by atoms with Crippen molar-refractivity contribution < 1.29 is 8.42 Å². The number of hydrogen-bond donors (Lipinski definition) is 1. The molecule has 1 fully saturated rings. The van der Waals surface area contributed by atoms with Crippen LogP contribution in [0.1, 0.15) is 12.1 Å². The molecule has 0 aliphatic carbocycles. The van der Waals surface area contributed by atoms with Crippen LogP contribution in [0, 0.1) is 11.7 Å². The fourth-order valence-corrected chi connectivity index (χ4v) is 5.51. The summed E-state index contributed by atoms with van der Waals surface area (Å²) < 4.78 is 23.1. The van der Waals surface area contributed by atoms with E-state index >= 15 is 0 Å². The van der Waals surface area contributed by atoms with E-state index in [1.807, 2.05) is 13.0 Å². The number of aryl methyl sites for hydroxylation is 1. The van der Waals surface area contributed by atoms with Gasteiger partial charge in [-0.25, -0.2) is 13.4 Å². The van der Waals surface area contributed by atoms with Gasteiger partial charge in [-0.2, -0.15) is 0 Å². The topological polar surface area (TPSA) is 62.8 Å². The van der Waals surface area contributed by atoms with E-state index in [1.165, 1.54) is 11.8 Å². The van der Waals surface area contributed by atoms with E-state index in [2.05, 4.69) is 9.97 Å². The van der Waals surface area contributed by atoms with Crippen LogP contribution in [0.4, 0.5) is 0 Å². The van der Waals surface area contributed by atoms with Gasteiger partial charge >= 0.3 is 0 Å². The maximum absolute atomic E-state index is 11.3. The van der Waals surface area contributed by atoms with E-state index in [9.17, 15) is 8.42 Å². The van der Waals surface area contributed by atoms with Crippen LogP contribution in [0.2, 0.25) is 0 Å². The van der Waals surface area contributed by atoms with E-state index in [-0.39, 0.29) is 11.0 Å². The minimum Gasteiger partial charge on any atom is -0.335 e. The Bertz CT molecular complexity index is 550. The summed E-state index contributed by atoms with van der Waals surface area (Å²) in [6, 6.07) is 1.89. The highest BCUT2D eigenvalue weighted by Gasteiger charge is 2.28. The fourth-order valence-electron chi connectivity index (χ4n) is 1.64. The van der Waals surface area contributed by atoms with Gasteiger partial charge in [0.2, 0.25) is 0 Å². The van der Waals surface area contributed by atoms with E-state index in [4.69, 9.17) is 12.2 Å². The molecule has 1 aliphatic heterocycles. The lowest BCUT2D eigenvalue weighted by atomic mass is 10.4. The summed E-state index contributed by atoms with van der Waals surface area (Å²) in [5, 5.41) is 0.928. The van der Waals surface area contributed by atoms with E-state index in [0.717, 1.165) is 10.7 Å². The lowest BCUT2D eigenvalue weighted by molar-refractivity contribution is 0.602. The third kappa shape index (κ3) is 3.05. The molecule has 88 valence electrons. The predicted octanol–water partition coefficient (Wildman–Crippen LogP) is 1.73. The second-order valence-corrected chi connectivity index (χ2v) is 7.79. The molecule has 1 unspecified atom stereocenters. The van der Waals surface area contributed by atoms with Gasteiger partial charge in [0.05, 0.1) is 11.5 Å². The van der Waals surface area contributed by atoms with Crippen LogP contribution in [0.3, 0.4) is 0 Å². The molecule has 1 aromatic rings. The first-order chi connectivity index (χ1) is 7.44. The molecule has 16 heavy (non-hydrogen) atoms. The molecule has 1 aliphatic rings. The second kappa shape index (κ2) is 4.46. The van der Waals surface area contributed by atoms with Crippen LogP contribution in [-0.4, -0.2) is 35.1 Å². The van der Waals surface area contributed by atoms with Crippen molar-refractivity contribution in [1.82, 2.24) is 9.97 Å². The van der Waals surface area contributed by atoms with Crippen molar-refractivity contribution in [3.63, 3.8) is 0 Å². The van der Waals surface area contributed by atoms with Crippen molar-refractivity contribution in [2.75, 3.05) is 11.5 Å². The Balaban J connectivity index is 2.13. The molecule has 0 aromatic carbocycles. The van der Waals surface area contributed by atoms with Gasteiger partial charge in [0.1, 0.15) is 5.03 Å². The quantitative estimate of drug-likeness (QED) is 0.658. The zero-order valence-corrected chi connectivity index (χ0v) is 11.2. The molecule has 0 bridgehead atoms. The van der Waals surface area contributed by atoms with Crippen molar-refractivity contribution in [1.29, 1.82) is 0 Å². The molecule has 0 saturated carbocycles.